The second kappa shape index (κ2) is 7.65. The molecule has 6 nitrogen and oxygen atoms in total. The van der Waals surface area contributed by atoms with Gasteiger partial charge in [-0.3, -0.25) is 0 Å². The van der Waals surface area contributed by atoms with Gasteiger partial charge in [-0.2, -0.15) is 4.31 Å². The molecule has 2 heterocycles. The Balaban J connectivity index is 1.50. The van der Waals surface area contributed by atoms with Gasteiger partial charge in [-0.05, 0) is 12.1 Å². The van der Waals surface area contributed by atoms with Crippen LogP contribution < -0.4 is 4.90 Å². The van der Waals surface area contributed by atoms with E-state index in [1.807, 2.05) is 41.3 Å². The van der Waals surface area contributed by atoms with Crippen LogP contribution in [0.2, 0.25) is 0 Å². The molecule has 1 aliphatic rings. The highest BCUT2D eigenvalue weighted by atomic mass is 32.2. The highest BCUT2D eigenvalue weighted by Gasteiger charge is 2.30. The second-order valence-corrected chi connectivity index (χ2v) is 8.36. The van der Waals surface area contributed by atoms with Gasteiger partial charge in [-0.15, -0.1) is 0 Å². The number of anilines is 1. The molecule has 0 saturated carbocycles. The second-order valence-electron chi connectivity index (χ2n) is 6.45. The van der Waals surface area contributed by atoms with Gasteiger partial charge < -0.3 is 4.90 Å². The first kappa shape index (κ1) is 18.5. The van der Waals surface area contributed by atoms with E-state index in [0.717, 1.165) is 23.1 Å². The Bertz CT molecular complexity index is 1070. The van der Waals surface area contributed by atoms with Crippen molar-refractivity contribution in [3.05, 3.63) is 72.8 Å². The molecular formula is C20H19FN4O2S. The van der Waals surface area contributed by atoms with Gasteiger partial charge in [0.05, 0.1) is 5.69 Å². The third kappa shape index (κ3) is 3.61. The number of benzene rings is 2. The van der Waals surface area contributed by atoms with Crippen LogP contribution >= 0.6 is 0 Å². The van der Waals surface area contributed by atoms with E-state index in [2.05, 4.69) is 9.97 Å². The van der Waals surface area contributed by atoms with Gasteiger partial charge in [0, 0.05) is 37.8 Å². The Morgan fingerprint density at radius 3 is 2.25 bits per heavy atom. The van der Waals surface area contributed by atoms with E-state index in [0.29, 0.717) is 13.1 Å². The molecule has 0 atom stereocenters. The molecule has 1 aliphatic heterocycles. The van der Waals surface area contributed by atoms with Gasteiger partial charge in [-0.1, -0.05) is 42.5 Å². The number of rotatable bonds is 4. The monoisotopic (exact) mass is 398 g/mol. The van der Waals surface area contributed by atoms with Crippen LogP contribution in [0.25, 0.3) is 11.3 Å². The average molecular weight is 398 g/mol. The Labute approximate surface area is 163 Å². The maximum atomic E-state index is 14.0. The van der Waals surface area contributed by atoms with E-state index < -0.39 is 15.8 Å². The molecule has 0 radical (unpaired) electrons. The van der Waals surface area contributed by atoms with E-state index >= 15 is 0 Å². The van der Waals surface area contributed by atoms with E-state index in [4.69, 9.17) is 0 Å². The standard InChI is InChI=1S/C20H19FN4O2S/c21-17-8-4-5-9-19(17)28(26,27)25-12-10-24(11-13-25)20-14-18(22-15-23-20)16-6-2-1-3-7-16/h1-9,14-15H,10-13H2. The fourth-order valence-corrected chi connectivity index (χ4v) is 4.72. The first-order valence-corrected chi connectivity index (χ1v) is 10.4. The van der Waals surface area contributed by atoms with Gasteiger partial charge in [-0.25, -0.2) is 22.8 Å². The summed E-state index contributed by atoms with van der Waals surface area (Å²) in [6, 6.07) is 17.2. The number of nitrogens with zero attached hydrogens (tertiary/aromatic N) is 4. The van der Waals surface area contributed by atoms with Crippen molar-refractivity contribution in [3.8, 4) is 11.3 Å². The lowest BCUT2D eigenvalue weighted by atomic mass is 10.1. The van der Waals surface area contributed by atoms with Crippen molar-refractivity contribution in [2.45, 2.75) is 4.90 Å². The maximum absolute atomic E-state index is 14.0. The molecule has 1 aromatic heterocycles. The Hall–Kier alpha value is -2.84. The van der Waals surface area contributed by atoms with Crippen LogP contribution in [0.3, 0.4) is 0 Å². The maximum Gasteiger partial charge on any atom is 0.246 e. The third-order valence-electron chi connectivity index (χ3n) is 4.74. The molecule has 4 rings (SSSR count). The van der Waals surface area contributed by atoms with Gasteiger partial charge in [0.1, 0.15) is 22.9 Å². The van der Waals surface area contributed by atoms with Gasteiger partial charge >= 0.3 is 0 Å². The van der Waals surface area contributed by atoms with Gasteiger partial charge in [0.25, 0.3) is 0 Å². The molecule has 8 heteroatoms. The van der Waals surface area contributed by atoms with E-state index in [1.165, 1.54) is 28.8 Å². The molecule has 0 bridgehead atoms. The van der Waals surface area contributed by atoms with E-state index in [-0.39, 0.29) is 18.0 Å². The predicted octanol–water partition coefficient (Wildman–Crippen LogP) is 2.79. The fourth-order valence-electron chi connectivity index (χ4n) is 3.24. The number of sulfonamides is 1. The average Bonchev–Trinajstić information content (AvgIpc) is 2.75. The summed E-state index contributed by atoms with van der Waals surface area (Å²) < 4.78 is 40.7. The lowest BCUT2D eigenvalue weighted by molar-refractivity contribution is 0.381. The van der Waals surface area contributed by atoms with Crippen molar-refractivity contribution >= 4 is 15.8 Å². The van der Waals surface area contributed by atoms with Crippen LogP contribution in [0, 0.1) is 5.82 Å². The van der Waals surface area contributed by atoms with E-state index in [1.54, 1.807) is 0 Å². The zero-order valence-electron chi connectivity index (χ0n) is 15.1. The highest BCUT2D eigenvalue weighted by Crippen LogP contribution is 2.24. The Morgan fingerprint density at radius 1 is 0.857 bits per heavy atom. The van der Waals surface area contributed by atoms with Crippen molar-refractivity contribution < 1.29 is 12.8 Å². The summed E-state index contributed by atoms with van der Waals surface area (Å²) in [6.45, 7) is 1.47. The minimum Gasteiger partial charge on any atom is -0.354 e. The lowest BCUT2D eigenvalue weighted by Gasteiger charge is -2.34. The van der Waals surface area contributed by atoms with Gasteiger partial charge in [0.2, 0.25) is 10.0 Å². The summed E-state index contributed by atoms with van der Waals surface area (Å²) in [5.41, 5.74) is 1.80. The highest BCUT2D eigenvalue weighted by molar-refractivity contribution is 7.89. The van der Waals surface area contributed by atoms with Crippen molar-refractivity contribution in [1.29, 1.82) is 0 Å². The smallest absolute Gasteiger partial charge is 0.246 e. The van der Waals surface area contributed by atoms with Crippen LogP contribution in [0.4, 0.5) is 10.2 Å². The Morgan fingerprint density at radius 2 is 1.54 bits per heavy atom. The summed E-state index contributed by atoms with van der Waals surface area (Å²) in [4.78, 5) is 10.4. The van der Waals surface area contributed by atoms with E-state index in [9.17, 15) is 12.8 Å². The number of hydrogen-bond acceptors (Lipinski definition) is 5. The molecule has 0 N–H and O–H groups in total. The molecule has 0 unspecified atom stereocenters. The van der Waals surface area contributed by atoms with Crippen LogP contribution in [-0.2, 0) is 10.0 Å². The third-order valence-corrected chi connectivity index (χ3v) is 6.67. The number of aromatic nitrogens is 2. The zero-order chi connectivity index (χ0) is 19.6. The molecular weight excluding hydrogens is 379 g/mol. The molecule has 2 aromatic carbocycles. The summed E-state index contributed by atoms with van der Waals surface area (Å²) in [7, 11) is -3.85. The van der Waals surface area contributed by atoms with Crippen LogP contribution in [-0.4, -0.2) is 48.9 Å². The minimum absolute atomic E-state index is 0.265. The zero-order valence-corrected chi connectivity index (χ0v) is 15.9. The van der Waals surface area contributed by atoms with Crippen molar-refractivity contribution in [1.82, 2.24) is 14.3 Å². The normalized spacial score (nSPS) is 15.5. The lowest BCUT2D eigenvalue weighted by Crippen LogP contribution is -2.49. The Kier molecular flexibility index (Phi) is 5.06. The van der Waals surface area contributed by atoms with Crippen LogP contribution in [0.15, 0.2) is 71.9 Å². The topological polar surface area (TPSA) is 66.4 Å². The predicted molar refractivity (Wildman–Crippen MR) is 105 cm³/mol. The first-order chi connectivity index (χ1) is 13.6. The number of hydrogen-bond donors (Lipinski definition) is 0. The number of halogens is 1. The first-order valence-electron chi connectivity index (χ1n) is 8.93. The molecule has 3 aromatic rings. The molecule has 1 fully saturated rings. The largest absolute Gasteiger partial charge is 0.354 e. The molecule has 28 heavy (non-hydrogen) atoms. The van der Waals surface area contributed by atoms with Gasteiger partial charge in [0.15, 0.2) is 0 Å². The summed E-state index contributed by atoms with van der Waals surface area (Å²) >= 11 is 0. The van der Waals surface area contributed by atoms with Crippen LogP contribution in [0.1, 0.15) is 0 Å². The summed E-state index contributed by atoms with van der Waals surface area (Å²) in [5.74, 6) is 0.0185. The van der Waals surface area contributed by atoms with Crippen molar-refractivity contribution in [3.63, 3.8) is 0 Å². The molecule has 144 valence electrons. The molecule has 0 spiro atoms. The van der Waals surface area contributed by atoms with Crippen LogP contribution in [0.5, 0.6) is 0 Å². The molecule has 0 amide bonds. The SMILES string of the molecule is O=S(=O)(c1ccccc1F)N1CCN(c2cc(-c3ccccc3)ncn2)CC1. The molecule has 1 saturated heterocycles. The number of piperazine rings is 1. The summed E-state index contributed by atoms with van der Waals surface area (Å²) in [6.07, 6.45) is 1.51. The van der Waals surface area contributed by atoms with Crippen molar-refractivity contribution in [2.75, 3.05) is 31.1 Å². The minimum atomic E-state index is -3.85. The fraction of sp³-hybridized carbons (Fsp3) is 0.200. The van der Waals surface area contributed by atoms with Crippen molar-refractivity contribution in [2.24, 2.45) is 0 Å². The molecule has 0 aliphatic carbocycles. The quantitative estimate of drug-likeness (QED) is 0.676. The summed E-state index contributed by atoms with van der Waals surface area (Å²) in [5, 5.41) is 0.